The second-order valence-corrected chi connectivity index (χ2v) is 7.35. The van der Waals surface area contributed by atoms with Gasteiger partial charge in [0.1, 0.15) is 18.0 Å². The number of anilines is 1. The molecule has 2 heterocycles. The summed E-state index contributed by atoms with van der Waals surface area (Å²) in [5.41, 5.74) is 2.37. The van der Waals surface area contributed by atoms with Crippen molar-refractivity contribution in [3.8, 4) is 16.9 Å². The predicted octanol–water partition coefficient (Wildman–Crippen LogP) is 1.35. The molecule has 1 aromatic carbocycles. The third kappa shape index (κ3) is 4.07. The third-order valence-electron chi connectivity index (χ3n) is 4.14. The SMILES string of the molecule is CN(C)c1ccc(-c2cncc(O[C@H]3SC[C@@H](O)[C@H](O)[C@H]3O)c2)cc1. The molecule has 1 aliphatic rings. The van der Waals surface area contributed by atoms with Crippen LogP contribution in [-0.2, 0) is 0 Å². The monoisotopic (exact) mass is 362 g/mol. The minimum atomic E-state index is -1.21. The van der Waals surface area contributed by atoms with Gasteiger partial charge in [-0.1, -0.05) is 12.1 Å². The van der Waals surface area contributed by atoms with E-state index in [1.165, 1.54) is 11.8 Å². The molecule has 2 aromatic rings. The molecule has 1 aromatic heterocycles. The summed E-state index contributed by atoms with van der Waals surface area (Å²) in [6, 6.07) is 9.94. The minimum Gasteiger partial charge on any atom is -0.475 e. The summed E-state index contributed by atoms with van der Waals surface area (Å²) < 4.78 is 5.78. The second kappa shape index (κ2) is 7.61. The standard InChI is InChI=1S/C18H22N2O4S/c1-20(2)13-5-3-11(4-6-13)12-7-14(9-19-8-12)24-18-17(23)16(22)15(21)10-25-18/h3-9,15-18,21-23H,10H2,1-2H3/t15-,16+,17-,18+/m1/s1. The molecule has 0 aliphatic carbocycles. The van der Waals surface area contributed by atoms with Gasteiger partial charge in [-0.2, -0.15) is 0 Å². The molecule has 25 heavy (non-hydrogen) atoms. The topological polar surface area (TPSA) is 86.1 Å². The molecule has 1 saturated heterocycles. The number of pyridine rings is 1. The Morgan fingerprint density at radius 3 is 2.44 bits per heavy atom. The van der Waals surface area contributed by atoms with Crippen LogP contribution in [0.5, 0.6) is 5.75 Å². The van der Waals surface area contributed by atoms with E-state index in [1.54, 1.807) is 12.4 Å². The normalized spacial score (nSPS) is 26.3. The number of aromatic nitrogens is 1. The van der Waals surface area contributed by atoms with Crippen LogP contribution in [0, 0.1) is 0 Å². The van der Waals surface area contributed by atoms with Crippen molar-refractivity contribution in [1.29, 1.82) is 0 Å². The molecular weight excluding hydrogens is 340 g/mol. The van der Waals surface area contributed by atoms with Crippen molar-refractivity contribution in [3.05, 3.63) is 42.7 Å². The first-order valence-corrected chi connectivity index (χ1v) is 9.06. The highest BCUT2D eigenvalue weighted by molar-refractivity contribution is 7.99. The maximum absolute atomic E-state index is 10.1. The van der Waals surface area contributed by atoms with E-state index in [0.29, 0.717) is 11.5 Å². The Balaban J connectivity index is 1.75. The number of hydrogen-bond donors (Lipinski definition) is 3. The molecule has 0 radical (unpaired) electrons. The van der Waals surface area contributed by atoms with Gasteiger partial charge in [0.2, 0.25) is 0 Å². The lowest BCUT2D eigenvalue weighted by atomic mass is 10.1. The molecule has 134 valence electrons. The molecular formula is C18H22N2O4S. The van der Waals surface area contributed by atoms with E-state index >= 15 is 0 Å². The van der Waals surface area contributed by atoms with Gasteiger partial charge < -0.3 is 25.0 Å². The van der Waals surface area contributed by atoms with E-state index in [4.69, 9.17) is 4.74 Å². The lowest BCUT2D eigenvalue weighted by molar-refractivity contribution is -0.0786. The summed E-state index contributed by atoms with van der Waals surface area (Å²) in [6.45, 7) is 0. The molecule has 6 nitrogen and oxygen atoms in total. The van der Waals surface area contributed by atoms with Crippen LogP contribution < -0.4 is 9.64 Å². The molecule has 0 saturated carbocycles. The van der Waals surface area contributed by atoms with Crippen molar-refractivity contribution in [2.75, 3.05) is 24.7 Å². The summed E-state index contributed by atoms with van der Waals surface area (Å²) in [5, 5.41) is 29.4. The fraction of sp³-hybridized carbons (Fsp3) is 0.389. The summed E-state index contributed by atoms with van der Waals surface area (Å²) in [4.78, 5) is 6.24. The number of ether oxygens (including phenoxy) is 1. The lowest BCUT2D eigenvalue weighted by Crippen LogP contribution is -2.50. The van der Waals surface area contributed by atoms with Crippen molar-refractivity contribution in [1.82, 2.24) is 4.98 Å². The van der Waals surface area contributed by atoms with Crippen LogP contribution in [0.25, 0.3) is 11.1 Å². The number of rotatable bonds is 4. The van der Waals surface area contributed by atoms with Gasteiger partial charge in [-0.15, -0.1) is 11.8 Å². The van der Waals surface area contributed by atoms with Gasteiger partial charge >= 0.3 is 0 Å². The number of hydrogen-bond acceptors (Lipinski definition) is 7. The Hall–Kier alpha value is -1.80. The highest BCUT2D eigenvalue weighted by Crippen LogP contribution is 2.31. The average molecular weight is 362 g/mol. The van der Waals surface area contributed by atoms with Crippen molar-refractivity contribution < 1.29 is 20.1 Å². The number of aliphatic hydroxyl groups is 3. The van der Waals surface area contributed by atoms with E-state index in [0.717, 1.165) is 16.8 Å². The molecule has 0 bridgehead atoms. The third-order valence-corrected chi connectivity index (χ3v) is 5.37. The molecule has 3 rings (SSSR count). The minimum absolute atomic E-state index is 0.308. The quantitative estimate of drug-likeness (QED) is 0.757. The maximum Gasteiger partial charge on any atom is 0.173 e. The largest absolute Gasteiger partial charge is 0.475 e. The van der Waals surface area contributed by atoms with E-state index in [9.17, 15) is 15.3 Å². The Morgan fingerprint density at radius 2 is 1.76 bits per heavy atom. The van der Waals surface area contributed by atoms with Gasteiger partial charge in [-0.3, -0.25) is 4.98 Å². The summed E-state index contributed by atoms with van der Waals surface area (Å²) in [5.74, 6) is 0.816. The van der Waals surface area contributed by atoms with Crippen LogP contribution in [0.15, 0.2) is 42.7 Å². The van der Waals surface area contributed by atoms with Gasteiger partial charge in [0.15, 0.2) is 5.44 Å². The van der Waals surface area contributed by atoms with E-state index in [2.05, 4.69) is 4.98 Å². The smallest absolute Gasteiger partial charge is 0.173 e. The highest BCUT2D eigenvalue weighted by atomic mass is 32.2. The van der Waals surface area contributed by atoms with Crippen LogP contribution in [0.3, 0.4) is 0 Å². The van der Waals surface area contributed by atoms with Crippen LogP contribution in [0.2, 0.25) is 0 Å². The number of aliphatic hydroxyl groups excluding tert-OH is 3. The first-order chi connectivity index (χ1) is 12.0. The van der Waals surface area contributed by atoms with Gasteiger partial charge in [-0.25, -0.2) is 0 Å². The Labute approximate surface area is 151 Å². The van der Waals surface area contributed by atoms with Crippen molar-refractivity contribution in [2.24, 2.45) is 0 Å². The molecule has 7 heteroatoms. The zero-order valence-corrected chi connectivity index (χ0v) is 14.9. The fourth-order valence-electron chi connectivity index (χ4n) is 2.61. The fourth-order valence-corrected chi connectivity index (χ4v) is 3.73. The highest BCUT2D eigenvalue weighted by Gasteiger charge is 2.38. The molecule has 0 unspecified atom stereocenters. The Morgan fingerprint density at radius 1 is 1.04 bits per heavy atom. The number of benzene rings is 1. The van der Waals surface area contributed by atoms with Crippen LogP contribution >= 0.6 is 11.8 Å². The van der Waals surface area contributed by atoms with Gasteiger partial charge in [0.05, 0.1) is 12.3 Å². The van der Waals surface area contributed by atoms with Crippen LogP contribution in [0.1, 0.15) is 0 Å². The lowest BCUT2D eigenvalue weighted by Gasteiger charge is -2.34. The molecule has 1 fully saturated rings. The predicted molar refractivity (Wildman–Crippen MR) is 98.9 cm³/mol. The maximum atomic E-state index is 10.1. The van der Waals surface area contributed by atoms with Crippen molar-refractivity contribution in [2.45, 2.75) is 23.7 Å². The van der Waals surface area contributed by atoms with E-state index in [-0.39, 0.29) is 0 Å². The molecule has 3 N–H and O–H groups in total. The zero-order valence-electron chi connectivity index (χ0n) is 14.1. The zero-order chi connectivity index (χ0) is 18.0. The first kappa shape index (κ1) is 18.0. The van der Waals surface area contributed by atoms with Crippen LogP contribution in [0.4, 0.5) is 5.69 Å². The Bertz CT molecular complexity index is 710. The van der Waals surface area contributed by atoms with Gasteiger partial charge in [-0.05, 0) is 23.8 Å². The summed E-state index contributed by atoms with van der Waals surface area (Å²) >= 11 is 1.27. The van der Waals surface area contributed by atoms with Gasteiger partial charge in [0.25, 0.3) is 0 Å². The molecule has 0 amide bonds. The first-order valence-electron chi connectivity index (χ1n) is 8.01. The van der Waals surface area contributed by atoms with E-state index in [1.807, 2.05) is 49.3 Å². The van der Waals surface area contributed by atoms with Gasteiger partial charge in [0, 0.05) is 37.3 Å². The van der Waals surface area contributed by atoms with Crippen LogP contribution in [-0.4, -0.2) is 63.9 Å². The second-order valence-electron chi connectivity index (χ2n) is 6.22. The summed E-state index contributed by atoms with van der Waals surface area (Å²) in [7, 11) is 3.98. The summed E-state index contributed by atoms with van der Waals surface area (Å²) in [6.07, 6.45) is 0.0143. The number of nitrogens with zero attached hydrogens (tertiary/aromatic N) is 2. The Kier molecular flexibility index (Phi) is 5.48. The van der Waals surface area contributed by atoms with E-state index < -0.39 is 23.7 Å². The average Bonchev–Trinajstić information content (AvgIpc) is 2.62. The van der Waals surface area contributed by atoms with Crippen molar-refractivity contribution >= 4 is 17.4 Å². The molecule has 4 atom stereocenters. The molecule has 0 spiro atoms. The number of thioether (sulfide) groups is 1. The van der Waals surface area contributed by atoms with Crippen molar-refractivity contribution in [3.63, 3.8) is 0 Å². The molecule has 1 aliphatic heterocycles.